The van der Waals surface area contributed by atoms with Crippen LogP contribution in [0.2, 0.25) is 0 Å². The van der Waals surface area contributed by atoms with Crippen LogP contribution < -0.4 is 5.56 Å². The van der Waals surface area contributed by atoms with Crippen molar-refractivity contribution in [3.8, 4) is 5.75 Å². The summed E-state index contributed by atoms with van der Waals surface area (Å²) in [5.41, 5.74) is 1.21. The number of benzene rings is 2. The number of amides is 2. The van der Waals surface area contributed by atoms with E-state index in [9.17, 15) is 42.9 Å². The molecule has 11 nitrogen and oxygen atoms in total. The quantitative estimate of drug-likeness (QED) is 0.296. The molecule has 1 aromatic heterocycles. The number of ether oxygens (including phenoxy) is 1. The molecular formula is C31H35F3N4O7. The molecule has 2 saturated heterocycles. The smallest absolute Gasteiger partial charge is 0.471 e. The molecule has 2 aliphatic rings. The minimum atomic E-state index is -4.91. The zero-order valence-electron chi connectivity index (χ0n) is 24.4. The van der Waals surface area contributed by atoms with Crippen LogP contribution in [0.15, 0.2) is 53.3 Å². The van der Waals surface area contributed by atoms with Gasteiger partial charge in [0.2, 0.25) is 5.56 Å². The molecule has 45 heavy (non-hydrogen) atoms. The van der Waals surface area contributed by atoms with Crippen LogP contribution in [0.25, 0.3) is 10.9 Å². The number of aromatic hydroxyl groups is 1. The Kier molecular flexibility index (Phi) is 9.37. The van der Waals surface area contributed by atoms with Gasteiger partial charge in [-0.25, -0.2) is 4.79 Å². The largest absolute Gasteiger partial charge is 0.506 e. The second-order valence-corrected chi connectivity index (χ2v) is 11.6. The highest BCUT2D eigenvalue weighted by molar-refractivity contribution is 5.87. The Labute approximate surface area is 256 Å². The number of hydrogen-bond acceptors (Lipinski definition) is 7. The zero-order valence-corrected chi connectivity index (χ0v) is 24.4. The van der Waals surface area contributed by atoms with Gasteiger partial charge in [-0.2, -0.15) is 13.2 Å². The first kappa shape index (κ1) is 32.3. The van der Waals surface area contributed by atoms with Crippen molar-refractivity contribution in [1.82, 2.24) is 19.7 Å². The number of piperidine rings is 1. The number of nitrogens with zero attached hydrogens (tertiary/aromatic N) is 3. The predicted octanol–water partition coefficient (Wildman–Crippen LogP) is 3.25. The molecule has 3 heterocycles. The van der Waals surface area contributed by atoms with Crippen molar-refractivity contribution in [3.63, 3.8) is 0 Å². The van der Waals surface area contributed by atoms with Crippen molar-refractivity contribution in [2.24, 2.45) is 0 Å². The fourth-order valence-electron chi connectivity index (χ4n) is 6.15. The lowest BCUT2D eigenvalue weighted by molar-refractivity contribution is -0.200. The normalized spacial score (nSPS) is 17.8. The number of halogens is 3. The molecule has 3 aromatic rings. The van der Waals surface area contributed by atoms with Crippen molar-refractivity contribution in [2.75, 3.05) is 45.9 Å². The van der Waals surface area contributed by atoms with E-state index in [1.54, 1.807) is 0 Å². The summed E-state index contributed by atoms with van der Waals surface area (Å²) in [6, 6.07) is 13.3. The number of carboxylic acid groups (broad SMARTS) is 1. The maximum Gasteiger partial charge on any atom is 0.471 e. The lowest BCUT2D eigenvalue weighted by Gasteiger charge is -2.47. The second-order valence-electron chi connectivity index (χ2n) is 11.6. The molecule has 2 aromatic carbocycles. The summed E-state index contributed by atoms with van der Waals surface area (Å²) < 4.78 is 44.8. The second kappa shape index (κ2) is 13.1. The van der Waals surface area contributed by atoms with Gasteiger partial charge >= 0.3 is 18.2 Å². The van der Waals surface area contributed by atoms with Crippen LogP contribution in [0.3, 0.4) is 0 Å². The number of pyridine rings is 1. The Morgan fingerprint density at radius 2 is 1.80 bits per heavy atom. The molecule has 0 radical (unpaired) electrons. The monoisotopic (exact) mass is 632 g/mol. The Balaban J connectivity index is 1.16. The molecule has 5 rings (SSSR count). The lowest BCUT2D eigenvalue weighted by Crippen LogP contribution is -2.59. The summed E-state index contributed by atoms with van der Waals surface area (Å²) in [6.45, 7) is 1.56. The van der Waals surface area contributed by atoms with E-state index in [0.717, 1.165) is 20.9 Å². The number of carbonyl (C=O) groups is 2. The number of morpholine rings is 1. The average molecular weight is 633 g/mol. The van der Waals surface area contributed by atoms with E-state index in [0.29, 0.717) is 49.8 Å². The molecule has 1 spiro atoms. The maximum absolute atomic E-state index is 13.0. The highest BCUT2D eigenvalue weighted by Gasteiger charge is 2.48. The van der Waals surface area contributed by atoms with Gasteiger partial charge in [-0.1, -0.05) is 30.3 Å². The lowest BCUT2D eigenvalue weighted by atomic mass is 9.89. The highest BCUT2D eigenvalue weighted by Crippen LogP contribution is 2.33. The third kappa shape index (κ3) is 7.57. The number of aromatic nitrogens is 1. The minimum absolute atomic E-state index is 0.0701. The number of alkyl halides is 3. The molecule has 0 aliphatic carbocycles. The molecular weight excluding hydrogens is 597 g/mol. The van der Waals surface area contributed by atoms with Crippen LogP contribution >= 0.6 is 0 Å². The van der Waals surface area contributed by atoms with Gasteiger partial charge in [0.25, 0.3) is 0 Å². The van der Waals surface area contributed by atoms with Gasteiger partial charge in [0.1, 0.15) is 5.75 Å². The molecule has 1 unspecified atom stereocenters. The number of fused-ring (bicyclic) bond motifs is 1. The first-order valence-corrected chi connectivity index (χ1v) is 14.6. The van der Waals surface area contributed by atoms with E-state index in [1.807, 2.05) is 24.3 Å². The summed E-state index contributed by atoms with van der Waals surface area (Å²) in [5, 5.41) is 31.3. The first-order valence-electron chi connectivity index (χ1n) is 14.6. The fourth-order valence-corrected chi connectivity index (χ4v) is 6.15. The molecule has 0 saturated carbocycles. The molecule has 2 amide bonds. The molecule has 2 fully saturated rings. The van der Waals surface area contributed by atoms with Crippen LogP contribution in [0.4, 0.5) is 18.0 Å². The van der Waals surface area contributed by atoms with Gasteiger partial charge < -0.3 is 34.8 Å². The van der Waals surface area contributed by atoms with E-state index in [4.69, 9.17) is 4.74 Å². The van der Waals surface area contributed by atoms with Crippen LogP contribution in [-0.4, -0.2) is 105 Å². The summed E-state index contributed by atoms with van der Waals surface area (Å²) in [6.07, 6.45) is -5.94. The molecule has 0 bridgehead atoms. The third-order valence-corrected chi connectivity index (χ3v) is 8.54. The van der Waals surface area contributed by atoms with E-state index in [-0.39, 0.29) is 44.1 Å². The third-order valence-electron chi connectivity index (χ3n) is 8.54. The van der Waals surface area contributed by atoms with Crippen LogP contribution in [-0.2, 0) is 22.5 Å². The number of likely N-dealkylation sites (tertiary alicyclic amines) is 1. The maximum atomic E-state index is 13.0. The average Bonchev–Trinajstić information content (AvgIpc) is 3.00. The van der Waals surface area contributed by atoms with Gasteiger partial charge in [-0.15, -0.1) is 0 Å². The van der Waals surface area contributed by atoms with E-state index < -0.39 is 35.4 Å². The minimum Gasteiger partial charge on any atom is -0.506 e. The van der Waals surface area contributed by atoms with Gasteiger partial charge in [0.15, 0.2) is 0 Å². The summed E-state index contributed by atoms with van der Waals surface area (Å²) in [4.78, 5) is 42.2. The van der Waals surface area contributed by atoms with E-state index >= 15 is 0 Å². The molecule has 2 aliphatic heterocycles. The molecule has 14 heteroatoms. The van der Waals surface area contributed by atoms with Crippen molar-refractivity contribution in [3.05, 3.63) is 75.6 Å². The number of phenolic OH excluding ortho intramolecular Hbond substituents is 1. The van der Waals surface area contributed by atoms with Crippen molar-refractivity contribution in [2.45, 2.75) is 43.7 Å². The van der Waals surface area contributed by atoms with E-state index in [2.05, 4.69) is 9.88 Å². The predicted molar refractivity (Wildman–Crippen MR) is 157 cm³/mol. The number of H-pyrrole nitrogens is 1. The molecule has 4 N–H and O–H groups in total. The van der Waals surface area contributed by atoms with E-state index in [1.165, 1.54) is 24.3 Å². The number of carbonyl (C=O) groups excluding carboxylic acids is 1. The summed E-state index contributed by atoms with van der Waals surface area (Å²) >= 11 is 0. The first-order chi connectivity index (χ1) is 21.3. The number of aliphatic hydroxyl groups is 1. The zero-order chi connectivity index (χ0) is 32.4. The number of hydrogen-bond donors (Lipinski definition) is 4. The Morgan fingerprint density at radius 1 is 1.07 bits per heavy atom. The van der Waals surface area contributed by atoms with Gasteiger partial charge in [-0.05, 0) is 48.1 Å². The Hall–Kier alpha value is -4.14. The topological polar surface area (TPSA) is 147 Å². The van der Waals surface area contributed by atoms with Gasteiger partial charge in [-0.3, -0.25) is 14.5 Å². The van der Waals surface area contributed by atoms with Gasteiger partial charge in [0, 0.05) is 44.2 Å². The number of phenols is 1. The van der Waals surface area contributed by atoms with Crippen molar-refractivity contribution >= 4 is 22.9 Å². The van der Waals surface area contributed by atoms with Gasteiger partial charge in [0.05, 0.1) is 36.9 Å². The van der Waals surface area contributed by atoms with Crippen LogP contribution in [0.1, 0.15) is 35.6 Å². The number of aromatic amines is 1. The molecule has 1 atom stereocenters. The van der Waals surface area contributed by atoms with Crippen LogP contribution in [0, 0.1) is 0 Å². The number of nitrogens with one attached hydrogen (secondary N) is 1. The number of rotatable bonds is 8. The van der Waals surface area contributed by atoms with Crippen LogP contribution in [0.5, 0.6) is 5.75 Å². The summed E-state index contributed by atoms with van der Waals surface area (Å²) in [7, 11) is 0. The Bertz CT molecular complexity index is 1600. The summed E-state index contributed by atoms with van der Waals surface area (Å²) in [5.74, 6) is -1.99. The molecule has 242 valence electrons. The standard InChI is InChI=1S/C31H35F3N4O7/c32-31(33,34)28(42)38-14-15-45-30(19-38)9-12-36(13-10-30)17-21-3-1-2-20(16-21)8-11-37(29(43)44)18-25(40)22-4-6-24(39)27-23(22)5-7-26(41)35-27/h1-7,16,25,39-40H,8-15,17-19H2,(H,35,41)(H,43,44). The van der Waals surface area contributed by atoms with Crippen molar-refractivity contribution < 1.29 is 42.8 Å². The van der Waals surface area contributed by atoms with Crippen molar-refractivity contribution in [1.29, 1.82) is 0 Å². The highest BCUT2D eigenvalue weighted by atomic mass is 19.4. The SMILES string of the molecule is O=C(O)N(CCc1cccc(CN2CCC3(CC2)CN(C(=O)C(F)(F)F)CCO3)c1)CC(O)c1ccc(O)c2[nH]c(=O)ccc12. The fraction of sp³-hybridized carbons (Fsp3) is 0.452. The Morgan fingerprint density at radius 3 is 2.51 bits per heavy atom. The number of aliphatic hydroxyl groups excluding tert-OH is 1.